The third kappa shape index (κ3) is 1.35. The monoisotopic (exact) mass is 180 g/mol. The van der Waals surface area contributed by atoms with E-state index in [0.29, 0.717) is 5.92 Å². The lowest BCUT2D eigenvalue weighted by Gasteiger charge is -2.06. The van der Waals surface area contributed by atoms with Crippen LogP contribution in [0.4, 0.5) is 4.39 Å². The first-order chi connectivity index (χ1) is 6.22. The first-order valence-corrected chi connectivity index (χ1v) is 4.69. The largest absolute Gasteiger partial charge is 0.388 e. The predicted molar refractivity (Wildman–Crippen MR) is 49.0 cm³/mol. The Morgan fingerprint density at radius 3 is 2.92 bits per heavy atom. The molecular formula is C11H13FO. The second-order valence-electron chi connectivity index (χ2n) is 3.63. The molecule has 0 bridgehead atoms. The lowest BCUT2D eigenvalue weighted by atomic mass is 9.99. The molecule has 0 saturated heterocycles. The van der Waals surface area contributed by atoms with Crippen LogP contribution < -0.4 is 0 Å². The number of hydrogen-bond donors (Lipinski definition) is 1. The zero-order valence-electron chi connectivity index (χ0n) is 7.63. The van der Waals surface area contributed by atoms with Crippen LogP contribution in [0.5, 0.6) is 0 Å². The van der Waals surface area contributed by atoms with Gasteiger partial charge in [0.25, 0.3) is 0 Å². The van der Waals surface area contributed by atoms with Gasteiger partial charge in [-0.1, -0.05) is 13.0 Å². The van der Waals surface area contributed by atoms with Gasteiger partial charge in [0.1, 0.15) is 5.82 Å². The fourth-order valence-electron chi connectivity index (χ4n) is 2.12. The van der Waals surface area contributed by atoms with Gasteiger partial charge in [0.15, 0.2) is 0 Å². The third-order valence-corrected chi connectivity index (χ3v) is 2.85. The molecule has 1 aromatic carbocycles. The molecule has 13 heavy (non-hydrogen) atoms. The summed E-state index contributed by atoms with van der Waals surface area (Å²) in [5, 5.41) is 9.64. The molecule has 2 rings (SSSR count). The molecule has 0 radical (unpaired) electrons. The number of aliphatic hydroxyl groups is 1. The molecule has 1 nitrogen and oxygen atoms in total. The lowest BCUT2D eigenvalue weighted by molar-refractivity contribution is 0.172. The van der Waals surface area contributed by atoms with E-state index in [2.05, 4.69) is 6.92 Å². The van der Waals surface area contributed by atoms with E-state index in [1.54, 1.807) is 6.07 Å². The van der Waals surface area contributed by atoms with Crippen molar-refractivity contribution in [2.45, 2.75) is 31.8 Å². The number of benzene rings is 1. The molecule has 0 spiro atoms. The Morgan fingerprint density at radius 1 is 1.46 bits per heavy atom. The molecule has 1 aliphatic rings. The van der Waals surface area contributed by atoms with Crippen LogP contribution in [0.15, 0.2) is 18.2 Å². The van der Waals surface area contributed by atoms with Gasteiger partial charge >= 0.3 is 0 Å². The summed E-state index contributed by atoms with van der Waals surface area (Å²) in [4.78, 5) is 0. The molecule has 70 valence electrons. The number of aliphatic hydroxyl groups excluding tert-OH is 1. The van der Waals surface area contributed by atoms with Crippen molar-refractivity contribution in [1.29, 1.82) is 0 Å². The summed E-state index contributed by atoms with van der Waals surface area (Å²) in [5.74, 6) is 0.153. The van der Waals surface area contributed by atoms with E-state index in [9.17, 15) is 9.50 Å². The summed E-state index contributed by atoms with van der Waals surface area (Å²) in [6, 6.07) is 4.73. The van der Waals surface area contributed by atoms with E-state index in [-0.39, 0.29) is 5.82 Å². The SMILES string of the molecule is CCC1CC(O)c2cc(F)ccc21. The van der Waals surface area contributed by atoms with E-state index in [4.69, 9.17) is 0 Å². The first kappa shape index (κ1) is 8.70. The summed E-state index contributed by atoms with van der Waals surface area (Å²) >= 11 is 0. The van der Waals surface area contributed by atoms with Crippen LogP contribution >= 0.6 is 0 Å². The van der Waals surface area contributed by atoms with Crippen LogP contribution in [0.1, 0.15) is 42.9 Å². The van der Waals surface area contributed by atoms with Gasteiger partial charge in [0.2, 0.25) is 0 Å². The third-order valence-electron chi connectivity index (χ3n) is 2.85. The van der Waals surface area contributed by atoms with Crippen molar-refractivity contribution in [3.05, 3.63) is 35.1 Å². The van der Waals surface area contributed by atoms with Crippen molar-refractivity contribution in [3.8, 4) is 0 Å². The highest BCUT2D eigenvalue weighted by Crippen LogP contribution is 2.41. The smallest absolute Gasteiger partial charge is 0.123 e. The minimum atomic E-state index is -0.462. The Labute approximate surface area is 77.2 Å². The van der Waals surface area contributed by atoms with Crippen molar-refractivity contribution in [3.63, 3.8) is 0 Å². The van der Waals surface area contributed by atoms with E-state index in [1.165, 1.54) is 12.1 Å². The fraction of sp³-hybridized carbons (Fsp3) is 0.455. The zero-order chi connectivity index (χ0) is 9.42. The Bertz CT molecular complexity index is 322. The van der Waals surface area contributed by atoms with Crippen molar-refractivity contribution in [2.75, 3.05) is 0 Å². The molecule has 0 aromatic heterocycles. The maximum atomic E-state index is 12.9. The zero-order valence-corrected chi connectivity index (χ0v) is 7.63. The maximum Gasteiger partial charge on any atom is 0.123 e. The van der Waals surface area contributed by atoms with Gasteiger partial charge in [0, 0.05) is 0 Å². The van der Waals surface area contributed by atoms with Crippen LogP contribution in [0, 0.1) is 5.82 Å². The van der Waals surface area contributed by atoms with Crippen molar-refractivity contribution in [2.24, 2.45) is 0 Å². The quantitative estimate of drug-likeness (QED) is 0.704. The molecule has 2 atom stereocenters. The van der Waals surface area contributed by atoms with Crippen LogP contribution in [-0.4, -0.2) is 5.11 Å². The van der Waals surface area contributed by atoms with Crippen molar-refractivity contribution in [1.82, 2.24) is 0 Å². The van der Waals surface area contributed by atoms with E-state index >= 15 is 0 Å². The topological polar surface area (TPSA) is 20.2 Å². The number of halogens is 1. The van der Waals surface area contributed by atoms with Crippen LogP contribution in [0.25, 0.3) is 0 Å². The van der Waals surface area contributed by atoms with Crippen molar-refractivity contribution >= 4 is 0 Å². The van der Waals surface area contributed by atoms with Gasteiger partial charge < -0.3 is 5.11 Å². The summed E-state index contributed by atoms with van der Waals surface area (Å²) < 4.78 is 12.9. The Balaban J connectivity index is 2.46. The van der Waals surface area contributed by atoms with E-state index < -0.39 is 6.10 Å². The van der Waals surface area contributed by atoms with Crippen LogP contribution in [0.2, 0.25) is 0 Å². The molecule has 0 saturated carbocycles. The summed E-state index contributed by atoms with van der Waals surface area (Å²) in [6.45, 7) is 2.09. The summed E-state index contributed by atoms with van der Waals surface area (Å²) in [6.07, 6.45) is 1.29. The summed E-state index contributed by atoms with van der Waals surface area (Å²) in [7, 11) is 0. The number of hydrogen-bond acceptors (Lipinski definition) is 1. The van der Waals surface area contributed by atoms with Gasteiger partial charge in [-0.2, -0.15) is 0 Å². The first-order valence-electron chi connectivity index (χ1n) is 4.69. The van der Waals surface area contributed by atoms with E-state index in [1.807, 2.05) is 0 Å². The highest BCUT2D eigenvalue weighted by atomic mass is 19.1. The summed E-state index contributed by atoms with van der Waals surface area (Å²) in [5.41, 5.74) is 1.91. The average Bonchev–Trinajstić information content (AvgIpc) is 2.43. The van der Waals surface area contributed by atoms with E-state index in [0.717, 1.165) is 24.0 Å². The second-order valence-corrected chi connectivity index (χ2v) is 3.63. The normalized spacial score (nSPS) is 26.1. The number of rotatable bonds is 1. The molecule has 0 fully saturated rings. The highest BCUT2D eigenvalue weighted by Gasteiger charge is 2.28. The molecule has 2 unspecified atom stereocenters. The average molecular weight is 180 g/mol. The Morgan fingerprint density at radius 2 is 2.23 bits per heavy atom. The van der Waals surface area contributed by atoms with Gasteiger partial charge in [-0.25, -0.2) is 4.39 Å². The molecule has 1 aromatic rings. The minimum Gasteiger partial charge on any atom is -0.388 e. The molecule has 0 heterocycles. The lowest BCUT2D eigenvalue weighted by Crippen LogP contribution is -1.90. The van der Waals surface area contributed by atoms with Gasteiger partial charge in [0.05, 0.1) is 6.10 Å². The molecule has 0 aliphatic heterocycles. The highest BCUT2D eigenvalue weighted by molar-refractivity contribution is 5.37. The number of fused-ring (bicyclic) bond motifs is 1. The molecule has 0 amide bonds. The minimum absolute atomic E-state index is 0.255. The van der Waals surface area contributed by atoms with Crippen LogP contribution in [0.3, 0.4) is 0 Å². The van der Waals surface area contributed by atoms with Crippen LogP contribution in [-0.2, 0) is 0 Å². The molecule has 1 N–H and O–H groups in total. The maximum absolute atomic E-state index is 12.9. The Hall–Kier alpha value is -0.890. The predicted octanol–water partition coefficient (Wildman–Crippen LogP) is 2.76. The fourth-order valence-corrected chi connectivity index (χ4v) is 2.12. The Kier molecular flexibility index (Phi) is 2.08. The second kappa shape index (κ2) is 3.11. The molecule has 2 heteroatoms. The van der Waals surface area contributed by atoms with Gasteiger partial charge in [-0.15, -0.1) is 0 Å². The standard InChI is InChI=1S/C11H13FO/c1-2-7-5-11(13)10-6-8(12)3-4-9(7)10/h3-4,6-7,11,13H,2,5H2,1H3. The van der Waals surface area contributed by atoms with Gasteiger partial charge in [-0.05, 0) is 42.0 Å². The molecular weight excluding hydrogens is 167 g/mol. The van der Waals surface area contributed by atoms with Crippen molar-refractivity contribution < 1.29 is 9.50 Å². The van der Waals surface area contributed by atoms with Gasteiger partial charge in [-0.3, -0.25) is 0 Å². The molecule has 1 aliphatic carbocycles.